The number of thiazole rings is 1. The molecule has 1 aliphatic rings. The summed E-state index contributed by atoms with van der Waals surface area (Å²) >= 11 is 1.42. The molecule has 1 aromatic carbocycles. The van der Waals surface area contributed by atoms with E-state index in [1.807, 2.05) is 25.1 Å². The highest BCUT2D eigenvalue weighted by Gasteiger charge is 2.22. The molecule has 1 aliphatic heterocycles. The molecule has 0 bridgehead atoms. The lowest BCUT2D eigenvalue weighted by Crippen LogP contribution is -2.52. The summed E-state index contributed by atoms with van der Waals surface area (Å²) in [6.07, 6.45) is 0. The third-order valence-electron chi connectivity index (χ3n) is 5.30. The van der Waals surface area contributed by atoms with Gasteiger partial charge in [-0.05, 0) is 38.1 Å². The van der Waals surface area contributed by atoms with E-state index in [1.165, 1.54) is 17.0 Å². The topological polar surface area (TPSA) is 61.6 Å². The summed E-state index contributed by atoms with van der Waals surface area (Å²) in [5.41, 5.74) is 1.72. The molecule has 1 saturated heterocycles. The highest BCUT2D eigenvalue weighted by atomic mass is 32.1. The average Bonchev–Trinajstić information content (AvgIpc) is 3.42. The van der Waals surface area contributed by atoms with Crippen molar-refractivity contribution in [1.29, 1.82) is 0 Å². The fourth-order valence-corrected chi connectivity index (χ4v) is 4.32. The van der Waals surface area contributed by atoms with Crippen LogP contribution in [0.1, 0.15) is 23.2 Å². The van der Waals surface area contributed by atoms with E-state index in [-0.39, 0.29) is 11.9 Å². The van der Waals surface area contributed by atoms with Crippen molar-refractivity contribution in [1.82, 2.24) is 15.2 Å². The summed E-state index contributed by atoms with van der Waals surface area (Å²) in [7, 11) is 0. The van der Waals surface area contributed by atoms with Gasteiger partial charge in [0.15, 0.2) is 10.8 Å². The summed E-state index contributed by atoms with van der Waals surface area (Å²) in [6.45, 7) is 8.65. The lowest BCUT2D eigenvalue weighted by atomic mass is 10.2. The third-order valence-corrected chi connectivity index (χ3v) is 6.16. The van der Waals surface area contributed by atoms with Crippen LogP contribution in [-0.4, -0.2) is 54.6 Å². The molecule has 1 amide bonds. The second kappa shape index (κ2) is 8.80. The van der Waals surface area contributed by atoms with Crippen LogP contribution < -0.4 is 10.2 Å². The predicted octanol–water partition coefficient (Wildman–Crippen LogP) is 3.65. The molecule has 4 rings (SSSR count). The number of carbonyl (C=O) groups excluding carboxylic acids is 1. The van der Waals surface area contributed by atoms with E-state index in [0.717, 1.165) is 36.9 Å². The number of para-hydroxylation sites is 1. The van der Waals surface area contributed by atoms with Gasteiger partial charge in [0.25, 0.3) is 5.91 Å². The Kier molecular flexibility index (Phi) is 5.97. The molecule has 29 heavy (non-hydrogen) atoms. The number of rotatable bonds is 6. The highest BCUT2D eigenvalue weighted by molar-refractivity contribution is 7.13. The minimum absolute atomic E-state index is 0.134. The molecule has 7 heteroatoms. The van der Waals surface area contributed by atoms with E-state index in [4.69, 9.17) is 4.42 Å². The molecule has 0 unspecified atom stereocenters. The molecular weight excluding hydrogens is 384 g/mol. The van der Waals surface area contributed by atoms with Gasteiger partial charge in [0.05, 0.1) is 0 Å². The van der Waals surface area contributed by atoms with Crippen molar-refractivity contribution < 1.29 is 9.21 Å². The van der Waals surface area contributed by atoms with Gasteiger partial charge >= 0.3 is 0 Å². The summed E-state index contributed by atoms with van der Waals surface area (Å²) < 4.78 is 5.59. The zero-order valence-corrected chi connectivity index (χ0v) is 17.6. The van der Waals surface area contributed by atoms with Crippen molar-refractivity contribution >= 4 is 22.9 Å². The lowest BCUT2D eigenvalue weighted by molar-refractivity contribution is 0.0930. The Morgan fingerprint density at radius 2 is 1.93 bits per heavy atom. The first-order valence-corrected chi connectivity index (χ1v) is 10.8. The maximum atomic E-state index is 12.5. The van der Waals surface area contributed by atoms with Crippen LogP contribution in [-0.2, 0) is 0 Å². The fraction of sp³-hybridized carbons (Fsp3) is 0.364. The SMILES string of the molecule is Cc1ccc(-c2nc(C(=O)NC[C@@H](C)N3CCN(c4ccccc4)CC3)cs2)o1. The number of anilines is 1. The van der Waals surface area contributed by atoms with Crippen LogP contribution in [0.2, 0.25) is 0 Å². The van der Waals surface area contributed by atoms with Crippen LogP contribution >= 0.6 is 11.3 Å². The molecule has 2 aromatic heterocycles. The van der Waals surface area contributed by atoms with Crippen molar-refractivity contribution in [2.45, 2.75) is 19.9 Å². The zero-order valence-electron chi connectivity index (χ0n) is 16.8. The number of nitrogens with zero attached hydrogens (tertiary/aromatic N) is 3. The second-order valence-electron chi connectivity index (χ2n) is 7.37. The first-order valence-electron chi connectivity index (χ1n) is 9.95. The molecule has 0 radical (unpaired) electrons. The molecular formula is C22H26N4O2S. The van der Waals surface area contributed by atoms with E-state index >= 15 is 0 Å². The van der Waals surface area contributed by atoms with Gasteiger partial charge in [0, 0.05) is 49.8 Å². The highest BCUT2D eigenvalue weighted by Crippen LogP contribution is 2.25. The van der Waals surface area contributed by atoms with Crippen LogP contribution in [0, 0.1) is 6.92 Å². The maximum absolute atomic E-state index is 12.5. The van der Waals surface area contributed by atoms with Gasteiger partial charge < -0.3 is 14.6 Å². The summed E-state index contributed by atoms with van der Waals surface area (Å²) in [5, 5.41) is 5.54. The number of benzene rings is 1. The maximum Gasteiger partial charge on any atom is 0.270 e. The quantitative estimate of drug-likeness (QED) is 0.672. The summed E-state index contributed by atoms with van der Waals surface area (Å²) in [5.74, 6) is 1.41. The van der Waals surface area contributed by atoms with Gasteiger partial charge in [0.2, 0.25) is 0 Å². The van der Waals surface area contributed by atoms with Crippen molar-refractivity contribution in [3.8, 4) is 10.8 Å². The smallest absolute Gasteiger partial charge is 0.270 e. The zero-order chi connectivity index (χ0) is 20.2. The number of hydrogen-bond donors (Lipinski definition) is 1. The van der Waals surface area contributed by atoms with E-state index < -0.39 is 0 Å². The molecule has 6 nitrogen and oxygen atoms in total. The predicted molar refractivity (Wildman–Crippen MR) is 117 cm³/mol. The van der Waals surface area contributed by atoms with Crippen molar-refractivity contribution in [2.75, 3.05) is 37.6 Å². The van der Waals surface area contributed by atoms with Crippen LogP contribution in [0.15, 0.2) is 52.3 Å². The molecule has 1 atom stereocenters. The fourth-order valence-electron chi connectivity index (χ4n) is 3.56. The van der Waals surface area contributed by atoms with Crippen LogP contribution in [0.4, 0.5) is 5.69 Å². The molecule has 3 aromatic rings. The molecule has 0 spiro atoms. The van der Waals surface area contributed by atoms with Gasteiger partial charge in [-0.2, -0.15) is 0 Å². The van der Waals surface area contributed by atoms with E-state index in [2.05, 4.69) is 51.3 Å². The normalized spacial score (nSPS) is 16.0. The standard InChI is InChI=1S/C22H26N4O2S/c1-16(25-10-12-26(13-11-25)18-6-4-3-5-7-18)14-23-21(27)19-15-29-22(24-19)20-9-8-17(2)28-20/h3-9,15-16H,10-14H2,1-2H3,(H,23,27)/t16-/m1/s1. The van der Waals surface area contributed by atoms with Crippen molar-refractivity contribution in [3.05, 3.63) is 59.3 Å². The first-order chi connectivity index (χ1) is 14.1. The summed E-state index contributed by atoms with van der Waals surface area (Å²) in [6, 6.07) is 14.6. The molecule has 1 fully saturated rings. The largest absolute Gasteiger partial charge is 0.459 e. The van der Waals surface area contributed by atoms with Gasteiger partial charge in [-0.1, -0.05) is 18.2 Å². The minimum Gasteiger partial charge on any atom is -0.459 e. The van der Waals surface area contributed by atoms with Crippen LogP contribution in [0.25, 0.3) is 10.8 Å². The average molecular weight is 411 g/mol. The number of furan rings is 1. The van der Waals surface area contributed by atoms with Crippen LogP contribution in [0.5, 0.6) is 0 Å². The number of nitrogens with one attached hydrogen (secondary N) is 1. The van der Waals surface area contributed by atoms with Gasteiger partial charge in [-0.25, -0.2) is 4.98 Å². The van der Waals surface area contributed by atoms with Gasteiger partial charge in [0.1, 0.15) is 11.5 Å². The Hall–Kier alpha value is -2.64. The third kappa shape index (κ3) is 4.68. The number of amides is 1. The van der Waals surface area contributed by atoms with Gasteiger partial charge in [-0.3, -0.25) is 9.69 Å². The molecule has 0 aliphatic carbocycles. The molecule has 3 heterocycles. The van der Waals surface area contributed by atoms with Gasteiger partial charge in [-0.15, -0.1) is 11.3 Å². The van der Waals surface area contributed by atoms with E-state index in [9.17, 15) is 4.79 Å². The lowest BCUT2D eigenvalue weighted by Gasteiger charge is -2.39. The van der Waals surface area contributed by atoms with Crippen molar-refractivity contribution in [2.24, 2.45) is 0 Å². The van der Waals surface area contributed by atoms with E-state index in [0.29, 0.717) is 18.0 Å². The van der Waals surface area contributed by atoms with E-state index in [1.54, 1.807) is 5.38 Å². The summed E-state index contributed by atoms with van der Waals surface area (Å²) in [4.78, 5) is 21.8. The second-order valence-corrected chi connectivity index (χ2v) is 8.22. The first kappa shape index (κ1) is 19.7. The molecule has 152 valence electrons. The number of carbonyl (C=O) groups is 1. The number of aromatic nitrogens is 1. The van der Waals surface area contributed by atoms with Crippen LogP contribution in [0.3, 0.4) is 0 Å². The Morgan fingerprint density at radius 3 is 2.62 bits per heavy atom. The molecule has 1 N–H and O–H groups in total. The monoisotopic (exact) mass is 410 g/mol. The Bertz CT molecular complexity index is 945. The minimum atomic E-state index is -0.134. The Labute approximate surface area is 175 Å². The number of aryl methyl sites for hydroxylation is 1. The Morgan fingerprint density at radius 1 is 1.17 bits per heavy atom. The number of piperazine rings is 1. The number of hydrogen-bond acceptors (Lipinski definition) is 6. The Balaban J connectivity index is 1.26. The molecule has 0 saturated carbocycles. The van der Waals surface area contributed by atoms with Crippen molar-refractivity contribution in [3.63, 3.8) is 0 Å².